The monoisotopic (exact) mass is 640 g/mol. The van der Waals surface area contributed by atoms with Crippen molar-refractivity contribution in [3.8, 4) is 51.0 Å². The van der Waals surface area contributed by atoms with Crippen LogP contribution in [0.2, 0.25) is 0 Å². The van der Waals surface area contributed by atoms with Crippen molar-refractivity contribution in [2.75, 3.05) is 0 Å². The van der Waals surface area contributed by atoms with Crippen LogP contribution < -0.4 is 0 Å². The van der Waals surface area contributed by atoms with Gasteiger partial charge in [0.25, 0.3) is 0 Å². The number of benzene rings is 7. The van der Waals surface area contributed by atoms with E-state index in [0.29, 0.717) is 17.5 Å². The van der Waals surface area contributed by atoms with Crippen molar-refractivity contribution < 1.29 is 4.42 Å². The maximum Gasteiger partial charge on any atom is 0.164 e. The number of para-hydroxylation sites is 2. The highest BCUT2D eigenvalue weighted by molar-refractivity contribution is 6.12. The summed E-state index contributed by atoms with van der Waals surface area (Å²) >= 11 is 0. The number of nitrogens with zero attached hydrogens (tertiary/aromatic N) is 4. The first-order valence-electron chi connectivity index (χ1n) is 16.7. The van der Waals surface area contributed by atoms with Crippen molar-refractivity contribution in [3.63, 3.8) is 0 Å². The molecule has 0 N–H and O–H groups in total. The van der Waals surface area contributed by atoms with Crippen molar-refractivity contribution in [1.82, 2.24) is 19.5 Å². The standard InChI is InChI=1S/C45H28N4O/c1-3-13-29(14-4-1)31-25-26-39-37(28-31)34-19-7-9-22-38(34)49(39)33-18-11-17-32(27-33)44-46-43(30-15-5-2-6-16-30)47-45(48-44)36-21-12-24-41-42(36)35-20-8-10-23-40(35)50-41/h1-28H. The van der Waals surface area contributed by atoms with Crippen molar-refractivity contribution >= 4 is 43.7 Å². The zero-order valence-electron chi connectivity index (χ0n) is 26.9. The summed E-state index contributed by atoms with van der Waals surface area (Å²) in [4.78, 5) is 15.3. The summed E-state index contributed by atoms with van der Waals surface area (Å²) in [5.74, 6) is 1.82. The third-order valence-corrected chi connectivity index (χ3v) is 9.45. The molecule has 0 saturated carbocycles. The summed E-state index contributed by atoms with van der Waals surface area (Å²) in [6, 6.07) is 58.6. The Hall–Kier alpha value is -6.85. The molecule has 0 spiro atoms. The molecule has 0 bridgehead atoms. The largest absolute Gasteiger partial charge is 0.456 e. The smallest absolute Gasteiger partial charge is 0.164 e. The number of hydrogen-bond acceptors (Lipinski definition) is 4. The van der Waals surface area contributed by atoms with Gasteiger partial charge in [0.2, 0.25) is 0 Å². The second-order valence-corrected chi connectivity index (χ2v) is 12.5. The van der Waals surface area contributed by atoms with Crippen LogP contribution in [0.3, 0.4) is 0 Å². The normalized spacial score (nSPS) is 11.6. The second kappa shape index (κ2) is 11.4. The minimum atomic E-state index is 0.599. The Balaban J connectivity index is 1.17. The number of aromatic nitrogens is 4. The van der Waals surface area contributed by atoms with Gasteiger partial charge in [0.05, 0.1) is 11.0 Å². The molecule has 0 aliphatic heterocycles. The van der Waals surface area contributed by atoms with Crippen molar-refractivity contribution in [3.05, 3.63) is 170 Å². The maximum atomic E-state index is 6.23. The van der Waals surface area contributed by atoms with Crippen LogP contribution in [0.4, 0.5) is 0 Å². The fraction of sp³-hybridized carbons (Fsp3) is 0. The van der Waals surface area contributed by atoms with E-state index in [1.165, 1.54) is 21.9 Å². The summed E-state index contributed by atoms with van der Waals surface area (Å²) in [5, 5.41) is 4.44. The Bertz CT molecular complexity index is 2870. The van der Waals surface area contributed by atoms with E-state index in [2.05, 4.69) is 114 Å². The number of fused-ring (bicyclic) bond motifs is 6. The summed E-state index contributed by atoms with van der Waals surface area (Å²) in [6.07, 6.45) is 0. The molecule has 50 heavy (non-hydrogen) atoms. The second-order valence-electron chi connectivity index (χ2n) is 12.5. The molecule has 0 saturated heterocycles. The van der Waals surface area contributed by atoms with Crippen LogP contribution in [0.25, 0.3) is 94.7 Å². The number of rotatable bonds is 5. The molecule has 5 heteroatoms. The molecule has 3 aromatic heterocycles. The Morgan fingerprint density at radius 3 is 1.84 bits per heavy atom. The van der Waals surface area contributed by atoms with E-state index in [1.807, 2.05) is 60.7 Å². The van der Waals surface area contributed by atoms with Gasteiger partial charge in [-0.3, -0.25) is 0 Å². The van der Waals surface area contributed by atoms with Crippen LogP contribution in [0.5, 0.6) is 0 Å². The molecule has 0 unspecified atom stereocenters. The van der Waals surface area contributed by atoms with Gasteiger partial charge in [0.1, 0.15) is 11.2 Å². The van der Waals surface area contributed by atoms with E-state index in [9.17, 15) is 0 Å². The molecule has 0 aliphatic carbocycles. The molecule has 10 rings (SSSR count). The number of furan rings is 1. The molecule has 10 aromatic rings. The highest BCUT2D eigenvalue weighted by Crippen LogP contribution is 2.38. The summed E-state index contributed by atoms with van der Waals surface area (Å²) in [7, 11) is 0. The van der Waals surface area contributed by atoms with Gasteiger partial charge in [0, 0.05) is 43.9 Å². The molecule has 7 aromatic carbocycles. The molecule has 0 aliphatic rings. The van der Waals surface area contributed by atoms with Gasteiger partial charge in [-0.2, -0.15) is 0 Å². The SMILES string of the molecule is c1ccc(-c2ccc3c(c2)c2ccccc2n3-c2cccc(-c3nc(-c4ccccc4)nc(-c4cccc5oc6ccccc6c45)n3)c2)cc1. The minimum absolute atomic E-state index is 0.599. The quantitative estimate of drug-likeness (QED) is 0.188. The van der Waals surface area contributed by atoms with E-state index in [0.717, 1.165) is 55.3 Å². The lowest BCUT2D eigenvalue weighted by Crippen LogP contribution is -2.01. The summed E-state index contributed by atoms with van der Waals surface area (Å²) in [5.41, 5.74) is 10.1. The van der Waals surface area contributed by atoms with Gasteiger partial charge in [-0.15, -0.1) is 0 Å². The van der Waals surface area contributed by atoms with Gasteiger partial charge in [0.15, 0.2) is 17.5 Å². The average Bonchev–Trinajstić information content (AvgIpc) is 3.74. The van der Waals surface area contributed by atoms with E-state index < -0.39 is 0 Å². The minimum Gasteiger partial charge on any atom is -0.456 e. The molecule has 0 radical (unpaired) electrons. The fourth-order valence-electron chi connectivity index (χ4n) is 7.15. The molecule has 234 valence electrons. The molecule has 0 amide bonds. The van der Waals surface area contributed by atoms with Gasteiger partial charge >= 0.3 is 0 Å². The highest BCUT2D eigenvalue weighted by Gasteiger charge is 2.19. The first-order chi connectivity index (χ1) is 24.8. The third-order valence-electron chi connectivity index (χ3n) is 9.45. The molecular formula is C45H28N4O. The Kier molecular flexibility index (Phi) is 6.42. The summed E-state index contributed by atoms with van der Waals surface area (Å²) < 4.78 is 8.56. The van der Waals surface area contributed by atoms with Crippen LogP contribution in [0.15, 0.2) is 174 Å². The fourth-order valence-corrected chi connectivity index (χ4v) is 7.15. The van der Waals surface area contributed by atoms with Crippen LogP contribution >= 0.6 is 0 Å². The Morgan fingerprint density at radius 2 is 1.00 bits per heavy atom. The van der Waals surface area contributed by atoms with Gasteiger partial charge in [-0.05, 0) is 53.6 Å². The molecule has 0 fully saturated rings. The lowest BCUT2D eigenvalue weighted by molar-refractivity contribution is 0.669. The van der Waals surface area contributed by atoms with Crippen LogP contribution in [0, 0.1) is 0 Å². The van der Waals surface area contributed by atoms with E-state index in [4.69, 9.17) is 19.4 Å². The van der Waals surface area contributed by atoms with E-state index in [1.54, 1.807) is 0 Å². The third kappa shape index (κ3) is 4.60. The molecule has 5 nitrogen and oxygen atoms in total. The predicted octanol–water partition coefficient (Wildman–Crippen LogP) is 11.5. The molecular weight excluding hydrogens is 613 g/mol. The first kappa shape index (κ1) is 28.2. The topological polar surface area (TPSA) is 56.7 Å². The summed E-state index contributed by atoms with van der Waals surface area (Å²) in [6.45, 7) is 0. The van der Waals surface area contributed by atoms with Crippen molar-refractivity contribution in [2.45, 2.75) is 0 Å². The lowest BCUT2D eigenvalue weighted by atomic mass is 10.0. The molecule has 0 atom stereocenters. The van der Waals surface area contributed by atoms with Crippen molar-refractivity contribution in [1.29, 1.82) is 0 Å². The highest BCUT2D eigenvalue weighted by atomic mass is 16.3. The van der Waals surface area contributed by atoms with Crippen LogP contribution in [-0.2, 0) is 0 Å². The first-order valence-corrected chi connectivity index (χ1v) is 16.7. The van der Waals surface area contributed by atoms with Crippen LogP contribution in [0.1, 0.15) is 0 Å². The predicted molar refractivity (Wildman–Crippen MR) is 203 cm³/mol. The van der Waals surface area contributed by atoms with E-state index >= 15 is 0 Å². The average molecular weight is 641 g/mol. The van der Waals surface area contributed by atoms with Gasteiger partial charge in [-0.1, -0.05) is 127 Å². The Morgan fingerprint density at radius 1 is 0.380 bits per heavy atom. The Labute approximate surface area is 287 Å². The lowest BCUT2D eigenvalue weighted by Gasteiger charge is -2.12. The van der Waals surface area contributed by atoms with Gasteiger partial charge < -0.3 is 8.98 Å². The number of hydrogen-bond donors (Lipinski definition) is 0. The molecule has 3 heterocycles. The zero-order valence-corrected chi connectivity index (χ0v) is 26.9. The van der Waals surface area contributed by atoms with Crippen LogP contribution in [-0.4, -0.2) is 19.5 Å². The maximum absolute atomic E-state index is 6.23. The van der Waals surface area contributed by atoms with Gasteiger partial charge in [-0.25, -0.2) is 15.0 Å². The van der Waals surface area contributed by atoms with Crippen molar-refractivity contribution in [2.24, 2.45) is 0 Å². The van der Waals surface area contributed by atoms with E-state index in [-0.39, 0.29) is 0 Å². The zero-order chi connectivity index (χ0) is 33.0.